The monoisotopic (exact) mass is 495 g/mol. The number of Topliss-reactive ketones (excluding diaryl/α,β-unsaturated/α-hetero) is 1. The molecule has 1 amide bonds. The van der Waals surface area contributed by atoms with Crippen LogP contribution in [-0.2, 0) is 9.59 Å². The minimum atomic E-state index is -0.908. The Bertz CT molecular complexity index is 1430. The van der Waals surface area contributed by atoms with Crippen molar-refractivity contribution in [3.8, 4) is 0 Å². The summed E-state index contributed by atoms with van der Waals surface area (Å²) >= 11 is 13.6. The van der Waals surface area contributed by atoms with Gasteiger partial charge >= 0.3 is 5.91 Å². The first kappa shape index (κ1) is 21.6. The third kappa shape index (κ3) is 3.68. The van der Waals surface area contributed by atoms with Crippen LogP contribution in [0.25, 0.3) is 16.0 Å². The first-order chi connectivity index (χ1) is 15.8. The Morgan fingerprint density at radius 1 is 1.12 bits per heavy atom. The van der Waals surface area contributed by atoms with E-state index in [1.165, 1.54) is 22.3 Å². The molecule has 9 heteroatoms. The summed E-state index contributed by atoms with van der Waals surface area (Å²) in [6.45, 7) is 1.88. The number of aryl methyl sites for hydroxylation is 1. The Kier molecular flexibility index (Phi) is 5.40. The van der Waals surface area contributed by atoms with Crippen LogP contribution in [0, 0.1) is 6.92 Å². The number of pyridine rings is 1. The standard InChI is InChI=1S/C24H15Cl2N3O3S/c1-12-8-18-17(10-16(12)26)28-24(33-18)29-20(14-5-3-7-27-11-14)19(22(31)23(29)32)21(30)13-4-2-6-15(25)9-13/h2-11,20,30H,1H3/b21-19+. The van der Waals surface area contributed by atoms with E-state index in [0.717, 1.165) is 10.3 Å². The lowest BCUT2D eigenvalue weighted by Crippen LogP contribution is -2.29. The number of hydrogen-bond acceptors (Lipinski definition) is 6. The number of thiazole rings is 1. The van der Waals surface area contributed by atoms with Crippen LogP contribution in [-0.4, -0.2) is 26.8 Å². The van der Waals surface area contributed by atoms with Gasteiger partial charge in [-0.3, -0.25) is 19.5 Å². The Morgan fingerprint density at radius 3 is 2.67 bits per heavy atom. The van der Waals surface area contributed by atoms with Crippen LogP contribution < -0.4 is 4.90 Å². The Balaban J connectivity index is 1.73. The van der Waals surface area contributed by atoms with Crippen LogP contribution in [0.1, 0.15) is 22.7 Å². The van der Waals surface area contributed by atoms with Gasteiger partial charge in [0.1, 0.15) is 5.76 Å². The van der Waals surface area contributed by atoms with E-state index < -0.39 is 17.7 Å². The van der Waals surface area contributed by atoms with Crippen LogP contribution in [0.2, 0.25) is 10.0 Å². The summed E-state index contributed by atoms with van der Waals surface area (Å²) in [6.07, 6.45) is 3.15. The van der Waals surface area contributed by atoms with E-state index in [1.807, 2.05) is 13.0 Å². The molecule has 2 aromatic heterocycles. The van der Waals surface area contributed by atoms with Crippen molar-refractivity contribution in [2.45, 2.75) is 13.0 Å². The van der Waals surface area contributed by atoms with E-state index in [9.17, 15) is 14.7 Å². The first-order valence-corrected chi connectivity index (χ1v) is 11.5. The molecule has 5 rings (SSSR count). The third-order valence-electron chi connectivity index (χ3n) is 5.41. The van der Waals surface area contributed by atoms with Crippen LogP contribution in [0.3, 0.4) is 0 Å². The van der Waals surface area contributed by atoms with Gasteiger partial charge in [0.15, 0.2) is 5.13 Å². The lowest BCUT2D eigenvalue weighted by atomic mass is 9.96. The van der Waals surface area contributed by atoms with Gasteiger partial charge in [-0.1, -0.05) is 52.7 Å². The molecule has 6 nitrogen and oxygen atoms in total. The number of carbonyl (C=O) groups excluding carboxylic acids is 2. The molecule has 1 atom stereocenters. The van der Waals surface area contributed by atoms with Gasteiger partial charge in [0.2, 0.25) is 0 Å². The van der Waals surface area contributed by atoms with Crippen LogP contribution in [0.4, 0.5) is 5.13 Å². The number of rotatable bonds is 3. The molecule has 0 aliphatic carbocycles. The van der Waals surface area contributed by atoms with Crippen molar-refractivity contribution >= 4 is 67.3 Å². The fraction of sp³-hybridized carbons (Fsp3) is 0.0833. The second kappa shape index (κ2) is 8.26. The molecule has 1 N–H and O–H groups in total. The summed E-state index contributed by atoms with van der Waals surface area (Å²) in [5.74, 6) is -1.91. The molecule has 0 bridgehead atoms. The van der Waals surface area contributed by atoms with Gasteiger partial charge in [0.25, 0.3) is 5.78 Å². The number of aliphatic hydroxyl groups is 1. The zero-order chi connectivity index (χ0) is 23.3. The topological polar surface area (TPSA) is 83.4 Å². The number of aliphatic hydroxyl groups excluding tert-OH is 1. The number of nitrogens with zero attached hydrogens (tertiary/aromatic N) is 3. The molecule has 164 valence electrons. The summed E-state index contributed by atoms with van der Waals surface area (Å²) in [5, 5.41) is 12.4. The Hall–Kier alpha value is -3.26. The molecule has 1 fully saturated rings. The first-order valence-electron chi connectivity index (χ1n) is 9.88. The quantitative estimate of drug-likeness (QED) is 0.216. The molecule has 3 heterocycles. The number of benzene rings is 2. The molecular weight excluding hydrogens is 481 g/mol. The predicted molar refractivity (Wildman–Crippen MR) is 130 cm³/mol. The number of carbonyl (C=O) groups is 2. The lowest BCUT2D eigenvalue weighted by Gasteiger charge is -2.22. The van der Waals surface area contributed by atoms with E-state index in [4.69, 9.17) is 23.2 Å². The van der Waals surface area contributed by atoms with Crippen molar-refractivity contribution in [2.75, 3.05) is 4.90 Å². The van der Waals surface area contributed by atoms with Crippen LogP contribution in [0.15, 0.2) is 66.5 Å². The maximum absolute atomic E-state index is 13.2. The second-order valence-electron chi connectivity index (χ2n) is 7.53. The van der Waals surface area contributed by atoms with Crippen molar-refractivity contribution < 1.29 is 14.7 Å². The van der Waals surface area contributed by atoms with E-state index in [1.54, 1.807) is 48.8 Å². The average molecular weight is 496 g/mol. The molecule has 1 aliphatic rings. The highest BCUT2D eigenvalue weighted by Crippen LogP contribution is 2.44. The smallest absolute Gasteiger partial charge is 0.301 e. The number of anilines is 1. The minimum absolute atomic E-state index is 0.0521. The number of fused-ring (bicyclic) bond motifs is 1. The number of aromatic nitrogens is 2. The lowest BCUT2D eigenvalue weighted by molar-refractivity contribution is -0.132. The molecule has 1 saturated heterocycles. The summed E-state index contributed by atoms with van der Waals surface area (Å²) in [5.41, 5.74) is 2.34. The van der Waals surface area contributed by atoms with Gasteiger partial charge in [-0.15, -0.1) is 0 Å². The van der Waals surface area contributed by atoms with Crippen LogP contribution >= 0.6 is 34.5 Å². The maximum Gasteiger partial charge on any atom is 0.301 e. The van der Waals surface area contributed by atoms with Crippen molar-refractivity contribution in [3.05, 3.63) is 93.2 Å². The molecular formula is C24H15Cl2N3O3S. The minimum Gasteiger partial charge on any atom is -0.507 e. The fourth-order valence-electron chi connectivity index (χ4n) is 3.82. The van der Waals surface area contributed by atoms with Gasteiger partial charge in [0, 0.05) is 28.0 Å². The van der Waals surface area contributed by atoms with Gasteiger partial charge in [-0.25, -0.2) is 4.98 Å². The highest BCUT2D eigenvalue weighted by molar-refractivity contribution is 7.22. The number of amides is 1. The largest absolute Gasteiger partial charge is 0.507 e. The number of ketones is 1. The van der Waals surface area contributed by atoms with E-state index in [2.05, 4.69) is 9.97 Å². The molecule has 0 radical (unpaired) electrons. The van der Waals surface area contributed by atoms with Crippen molar-refractivity contribution in [3.63, 3.8) is 0 Å². The van der Waals surface area contributed by atoms with Gasteiger partial charge < -0.3 is 5.11 Å². The normalized spacial score (nSPS) is 17.8. The summed E-state index contributed by atoms with van der Waals surface area (Å²) < 4.78 is 0.827. The number of halogens is 2. The molecule has 1 unspecified atom stereocenters. The predicted octanol–water partition coefficient (Wildman–Crippen LogP) is 5.93. The van der Waals surface area contributed by atoms with Crippen molar-refractivity contribution in [2.24, 2.45) is 0 Å². The van der Waals surface area contributed by atoms with Gasteiger partial charge in [-0.05, 0) is 48.4 Å². The summed E-state index contributed by atoms with van der Waals surface area (Å²) in [4.78, 5) is 36.5. The van der Waals surface area contributed by atoms with E-state index in [0.29, 0.717) is 31.8 Å². The molecule has 0 spiro atoms. The molecule has 0 saturated carbocycles. The van der Waals surface area contributed by atoms with Crippen LogP contribution in [0.5, 0.6) is 0 Å². The molecule has 1 aliphatic heterocycles. The number of hydrogen-bond donors (Lipinski definition) is 1. The zero-order valence-corrected chi connectivity index (χ0v) is 19.4. The zero-order valence-electron chi connectivity index (χ0n) is 17.1. The summed E-state index contributed by atoms with van der Waals surface area (Å²) in [6, 6.07) is 12.6. The van der Waals surface area contributed by atoms with Gasteiger partial charge in [0.05, 0.1) is 21.8 Å². The fourth-order valence-corrected chi connectivity index (χ4v) is 5.24. The SMILES string of the molecule is Cc1cc2sc(N3C(=O)C(=O)/C(=C(/O)c4cccc(Cl)c4)C3c3cccnc3)nc2cc1Cl. The molecule has 2 aromatic carbocycles. The average Bonchev–Trinajstić information content (AvgIpc) is 3.32. The Morgan fingerprint density at radius 2 is 1.94 bits per heavy atom. The third-order valence-corrected chi connectivity index (χ3v) is 7.07. The van der Waals surface area contributed by atoms with Crippen molar-refractivity contribution in [1.82, 2.24) is 9.97 Å². The van der Waals surface area contributed by atoms with Crippen molar-refractivity contribution in [1.29, 1.82) is 0 Å². The second-order valence-corrected chi connectivity index (χ2v) is 9.38. The Labute approximate surface area is 202 Å². The molecule has 4 aromatic rings. The van der Waals surface area contributed by atoms with E-state index in [-0.39, 0.29) is 11.3 Å². The maximum atomic E-state index is 13.2. The highest BCUT2D eigenvalue weighted by atomic mass is 35.5. The molecule has 33 heavy (non-hydrogen) atoms. The summed E-state index contributed by atoms with van der Waals surface area (Å²) in [7, 11) is 0. The highest BCUT2D eigenvalue weighted by Gasteiger charge is 2.48. The van der Waals surface area contributed by atoms with Gasteiger partial charge in [-0.2, -0.15) is 0 Å². The van der Waals surface area contributed by atoms with E-state index >= 15 is 0 Å².